The molecule has 1 unspecified atom stereocenters. The fourth-order valence-electron chi connectivity index (χ4n) is 4.84. The topological polar surface area (TPSA) is 74.7 Å². The first-order chi connectivity index (χ1) is 16.0. The first kappa shape index (κ1) is 22.6. The maximum absolute atomic E-state index is 13.7. The third-order valence-corrected chi connectivity index (χ3v) is 6.39. The molecule has 5 heteroatoms. The largest absolute Gasteiger partial charge is 0.481 e. The molecule has 0 bridgehead atoms. The van der Waals surface area contributed by atoms with Gasteiger partial charge >= 0.3 is 5.97 Å². The van der Waals surface area contributed by atoms with Gasteiger partial charge < -0.3 is 10.0 Å². The molecule has 0 saturated carbocycles. The average Bonchev–Trinajstić information content (AvgIpc) is 2.87. The van der Waals surface area contributed by atoms with Crippen LogP contribution < -0.4 is 0 Å². The third kappa shape index (κ3) is 5.26. The molecule has 3 atom stereocenters. The second-order valence-corrected chi connectivity index (χ2v) is 8.51. The van der Waals surface area contributed by atoms with Crippen molar-refractivity contribution in [2.24, 2.45) is 11.8 Å². The van der Waals surface area contributed by atoms with Gasteiger partial charge in [-0.15, -0.1) is 0 Å². The molecule has 3 aromatic carbocycles. The van der Waals surface area contributed by atoms with Crippen LogP contribution in [0.1, 0.15) is 38.6 Å². The molecular formula is C28H27NO4. The number of nitrogens with zero attached hydrogens (tertiary/aromatic N) is 1. The van der Waals surface area contributed by atoms with E-state index in [4.69, 9.17) is 0 Å². The van der Waals surface area contributed by atoms with Crippen molar-refractivity contribution in [2.75, 3.05) is 19.6 Å². The van der Waals surface area contributed by atoms with Crippen LogP contribution in [0.5, 0.6) is 0 Å². The third-order valence-electron chi connectivity index (χ3n) is 6.39. The van der Waals surface area contributed by atoms with Crippen molar-refractivity contribution in [3.8, 4) is 0 Å². The van der Waals surface area contributed by atoms with Gasteiger partial charge in [0, 0.05) is 48.5 Å². The van der Waals surface area contributed by atoms with Gasteiger partial charge in [0.15, 0.2) is 11.6 Å². The summed E-state index contributed by atoms with van der Waals surface area (Å²) in [5.41, 5.74) is 2.17. The Morgan fingerprint density at radius 3 is 1.55 bits per heavy atom. The van der Waals surface area contributed by atoms with Crippen LogP contribution in [-0.4, -0.2) is 47.2 Å². The van der Waals surface area contributed by atoms with Gasteiger partial charge in [-0.1, -0.05) is 91.0 Å². The summed E-state index contributed by atoms with van der Waals surface area (Å²) in [7, 11) is 0. The zero-order valence-electron chi connectivity index (χ0n) is 18.3. The van der Waals surface area contributed by atoms with Crippen LogP contribution in [-0.2, 0) is 4.79 Å². The number of benzene rings is 3. The number of Topliss-reactive ketones (excluding diaryl/α,β-unsaturated/α-hetero) is 2. The van der Waals surface area contributed by atoms with Crippen molar-refractivity contribution in [1.82, 2.24) is 4.90 Å². The standard InChI is InChI=1S/C28H27NO4/c30-25(31)16-17-29-18-23(27(32)21-12-6-2-7-13-21)26(20-10-4-1-5-11-20)24(19-29)28(33)22-14-8-3-9-15-22/h1-15,23-24,26H,16-19H2,(H,30,31)/t23-,24+,26?. The van der Waals surface area contributed by atoms with Crippen molar-refractivity contribution in [3.05, 3.63) is 108 Å². The SMILES string of the molecule is O=C(O)CCN1C[C@H](C(=O)c2ccccc2)C(c2ccccc2)[C@H](C(=O)c2ccccc2)C1. The van der Waals surface area contributed by atoms with E-state index in [1.165, 1.54) is 0 Å². The number of ketones is 2. The highest BCUT2D eigenvalue weighted by atomic mass is 16.4. The maximum atomic E-state index is 13.7. The summed E-state index contributed by atoms with van der Waals surface area (Å²) < 4.78 is 0. The van der Waals surface area contributed by atoms with Crippen LogP contribution in [0.4, 0.5) is 0 Å². The van der Waals surface area contributed by atoms with E-state index in [0.29, 0.717) is 30.8 Å². The molecule has 1 aliphatic heterocycles. The van der Waals surface area contributed by atoms with Crippen molar-refractivity contribution in [2.45, 2.75) is 12.3 Å². The van der Waals surface area contributed by atoms with E-state index in [9.17, 15) is 19.5 Å². The number of carbonyl (C=O) groups excluding carboxylic acids is 2. The van der Waals surface area contributed by atoms with Crippen molar-refractivity contribution < 1.29 is 19.5 Å². The summed E-state index contributed by atoms with van der Waals surface area (Å²) in [4.78, 5) is 40.6. The summed E-state index contributed by atoms with van der Waals surface area (Å²) in [6, 6.07) is 28.0. The van der Waals surface area contributed by atoms with Crippen molar-refractivity contribution in [1.29, 1.82) is 0 Å². The zero-order chi connectivity index (χ0) is 23.2. The number of carboxylic acid groups (broad SMARTS) is 1. The number of hydrogen-bond donors (Lipinski definition) is 1. The Bertz CT molecular complexity index is 1040. The molecule has 0 aliphatic carbocycles. The molecular weight excluding hydrogens is 414 g/mol. The van der Waals surface area contributed by atoms with E-state index in [0.717, 1.165) is 5.56 Å². The number of carboxylic acids is 1. The second-order valence-electron chi connectivity index (χ2n) is 8.51. The lowest BCUT2D eigenvalue weighted by molar-refractivity contribution is -0.137. The van der Waals surface area contributed by atoms with E-state index in [1.807, 2.05) is 71.6 Å². The average molecular weight is 442 g/mol. The Morgan fingerprint density at radius 2 is 1.12 bits per heavy atom. The number of carbonyl (C=O) groups is 3. The Hall–Kier alpha value is -3.57. The Labute approximate surface area is 193 Å². The van der Waals surface area contributed by atoms with Gasteiger partial charge in [-0.25, -0.2) is 0 Å². The van der Waals surface area contributed by atoms with Crippen LogP contribution in [0, 0.1) is 11.8 Å². The highest BCUT2D eigenvalue weighted by Gasteiger charge is 2.44. The highest BCUT2D eigenvalue weighted by Crippen LogP contribution is 2.40. The Balaban J connectivity index is 1.77. The van der Waals surface area contributed by atoms with Crippen LogP contribution >= 0.6 is 0 Å². The van der Waals surface area contributed by atoms with Gasteiger partial charge in [0.1, 0.15) is 0 Å². The minimum atomic E-state index is -0.892. The molecule has 0 spiro atoms. The van der Waals surface area contributed by atoms with Gasteiger partial charge in [0.05, 0.1) is 6.42 Å². The predicted molar refractivity (Wildman–Crippen MR) is 126 cm³/mol. The second kappa shape index (κ2) is 10.4. The van der Waals surface area contributed by atoms with E-state index in [2.05, 4.69) is 0 Å². The van der Waals surface area contributed by atoms with Crippen molar-refractivity contribution >= 4 is 17.5 Å². The monoisotopic (exact) mass is 441 g/mol. The number of piperidine rings is 1. The molecule has 5 nitrogen and oxygen atoms in total. The fraction of sp³-hybridized carbons (Fsp3) is 0.250. The highest BCUT2D eigenvalue weighted by molar-refractivity contribution is 6.02. The fourth-order valence-corrected chi connectivity index (χ4v) is 4.84. The number of aliphatic carboxylic acids is 1. The summed E-state index contributed by atoms with van der Waals surface area (Å²) in [6.45, 7) is 1.13. The normalized spacial score (nSPS) is 20.8. The lowest BCUT2D eigenvalue weighted by Crippen LogP contribution is -2.50. The molecule has 3 aromatic rings. The smallest absolute Gasteiger partial charge is 0.304 e. The van der Waals surface area contributed by atoms with Crippen LogP contribution in [0.25, 0.3) is 0 Å². The minimum Gasteiger partial charge on any atom is -0.481 e. The Morgan fingerprint density at radius 1 is 0.697 bits per heavy atom. The van der Waals surface area contributed by atoms with E-state index in [1.54, 1.807) is 24.3 Å². The molecule has 168 valence electrons. The van der Waals surface area contributed by atoms with E-state index in [-0.39, 0.29) is 23.9 Å². The van der Waals surface area contributed by atoms with Gasteiger partial charge in [0.25, 0.3) is 0 Å². The summed E-state index contributed by atoms with van der Waals surface area (Å²) in [5.74, 6) is -2.15. The molecule has 1 heterocycles. The van der Waals surface area contributed by atoms with E-state index >= 15 is 0 Å². The summed E-state index contributed by atoms with van der Waals surface area (Å²) >= 11 is 0. The van der Waals surface area contributed by atoms with Gasteiger partial charge in [-0.2, -0.15) is 0 Å². The van der Waals surface area contributed by atoms with Crippen LogP contribution in [0.3, 0.4) is 0 Å². The van der Waals surface area contributed by atoms with Gasteiger partial charge in [0.2, 0.25) is 0 Å². The quantitative estimate of drug-likeness (QED) is 0.519. The molecule has 1 N–H and O–H groups in total. The van der Waals surface area contributed by atoms with Gasteiger partial charge in [-0.3, -0.25) is 14.4 Å². The first-order valence-electron chi connectivity index (χ1n) is 11.2. The molecule has 4 rings (SSSR count). The van der Waals surface area contributed by atoms with Crippen LogP contribution in [0.2, 0.25) is 0 Å². The summed E-state index contributed by atoms with van der Waals surface area (Å²) in [5, 5.41) is 9.22. The number of likely N-dealkylation sites (tertiary alicyclic amines) is 1. The molecule has 33 heavy (non-hydrogen) atoms. The number of rotatable bonds is 8. The number of hydrogen-bond acceptors (Lipinski definition) is 4. The molecule has 0 amide bonds. The minimum absolute atomic E-state index is 0.0182. The van der Waals surface area contributed by atoms with E-state index < -0.39 is 17.8 Å². The van der Waals surface area contributed by atoms with Crippen molar-refractivity contribution in [3.63, 3.8) is 0 Å². The molecule has 1 aliphatic rings. The lowest BCUT2D eigenvalue weighted by atomic mass is 9.68. The Kier molecular flexibility index (Phi) is 7.10. The zero-order valence-corrected chi connectivity index (χ0v) is 18.3. The molecule has 1 fully saturated rings. The summed E-state index contributed by atoms with van der Waals surface area (Å²) in [6.07, 6.45) is -0.0332. The lowest BCUT2D eigenvalue weighted by Gasteiger charge is -2.43. The van der Waals surface area contributed by atoms with Gasteiger partial charge in [-0.05, 0) is 5.56 Å². The molecule has 0 radical (unpaired) electrons. The molecule has 0 aromatic heterocycles. The first-order valence-corrected chi connectivity index (χ1v) is 11.2. The molecule has 1 saturated heterocycles. The predicted octanol–water partition coefficient (Wildman–Crippen LogP) is 4.56. The van der Waals surface area contributed by atoms with Crippen LogP contribution in [0.15, 0.2) is 91.0 Å². The maximum Gasteiger partial charge on any atom is 0.304 e.